The summed E-state index contributed by atoms with van der Waals surface area (Å²) in [5, 5.41) is 6.43. The molecular weight excluding hydrogens is 250 g/mol. The first-order valence-corrected chi connectivity index (χ1v) is 6.21. The van der Waals surface area contributed by atoms with E-state index in [1.807, 2.05) is 20.8 Å². The van der Waals surface area contributed by atoms with Crippen molar-refractivity contribution >= 4 is 28.9 Å². The fraction of sp³-hybridized carbons (Fsp3) is 0.462. The SMILES string of the molecule is CC(Nc1cccc(Cl)c1N)C(=O)NC(C)(C)C. The molecule has 0 aliphatic heterocycles. The third kappa shape index (κ3) is 4.11. The van der Waals surface area contributed by atoms with Gasteiger partial charge in [0.15, 0.2) is 0 Å². The molecule has 1 atom stereocenters. The van der Waals surface area contributed by atoms with Crippen molar-refractivity contribution in [2.24, 2.45) is 0 Å². The van der Waals surface area contributed by atoms with Crippen LogP contribution < -0.4 is 16.4 Å². The Morgan fingerprint density at radius 1 is 1.39 bits per heavy atom. The van der Waals surface area contributed by atoms with E-state index in [2.05, 4.69) is 10.6 Å². The maximum absolute atomic E-state index is 11.9. The molecule has 1 rings (SSSR count). The van der Waals surface area contributed by atoms with E-state index >= 15 is 0 Å². The van der Waals surface area contributed by atoms with Crippen molar-refractivity contribution < 1.29 is 4.79 Å². The van der Waals surface area contributed by atoms with Gasteiger partial charge in [0.1, 0.15) is 6.04 Å². The van der Waals surface area contributed by atoms with Crippen LogP contribution in [0.15, 0.2) is 18.2 Å². The molecule has 0 heterocycles. The number of amides is 1. The van der Waals surface area contributed by atoms with E-state index in [0.717, 1.165) is 0 Å². The monoisotopic (exact) mass is 269 g/mol. The third-order valence-electron chi connectivity index (χ3n) is 2.32. The second-order valence-electron chi connectivity index (χ2n) is 5.31. The molecule has 0 bridgehead atoms. The Morgan fingerprint density at radius 2 is 2.00 bits per heavy atom. The second kappa shape index (κ2) is 5.48. The van der Waals surface area contributed by atoms with Crippen molar-refractivity contribution in [2.45, 2.75) is 39.3 Å². The first-order chi connectivity index (χ1) is 8.20. The highest BCUT2D eigenvalue weighted by molar-refractivity contribution is 6.33. The highest BCUT2D eigenvalue weighted by Gasteiger charge is 2.19. The van der Waals surface area contributed by atoms with Crippen molar-refractivity contribution in [1.29, 1.82) is 0 Å². The van der Waals surface area contributed by atoms with Crippen LogP contribution in [0.4, 0.5) is 11.4 Å². The minimum Gasteiger partial charge on any atom is -0.396 e. The summed E-state index contributed by atoms with van der Waals surface area (Å²) >= 11 is 5.92. The lowest BCUT2D eigenvalue weighted by atomic mass is 10.1. The van der Waals surface area contributed by atoms with Crippen LogP contribution in [-0.2, 0) is 4.79 Å². The van der Waals surface area contributed by atoms with Crippen molar-refractivity contribution in [2.75, 3.05) is 11.1 Å². The van der Waals surface area contributed by atoms with Crippen molar-refractivity contribution in [3.63, 3.8) is 0 Å². The van der Waals surface area contributed by atoms with Gasteiger partial charge >= 0.3 is 0 Å². The number of nitrogen functional groups attached to an aromatic ring is 1. The molecule has 5 heteroatoms. The van der Waals surface area contributed by atoms with Gasteiger partial charge in [-0.3, -0.25) is 4.79 Å². The van der Waals surface area contributed by atoms with Crippen LogP contribution in [0.5, 0.6) is 0 Å². The zero-order valence-corrected chi connectivity index (χ0v) is 11.9. The molecule has 0 aliphatic rings. The number of carbonyl (C=O) groups is 1. The molecule has 100 valence electrons. The van der Waals surface area contributed by atoms with Crippen LogP contribution in [-0.4, -0.2) is 17.5 Å². The summed E-state index contributed by atoms with van der Waals surface area (Å²) in [5.41, 5.74) is 6.69. The Labute approximate surface area is 113 Å². The van der Waals surface area contributed by atoms with E-state index in [4.69, 9.17) is 17.3 Å². The van der Waals surface area contributed by atoms with Crippen molar-refractivity contribution in [3.05, 3.63) is 23.2 Å². The van der Waals surface area contributed by atoms with Gasteiger partial charge in [0, 0.05) is 5.54 Å². The molecule has 0 aliphatic carbocycles. The van der Waals surface area contributed by atoms with Gasteiger partial charge < -0.3 is 16.4 Å². The van der Waals surface area contributed by atoms with Gasteiger partial charge in [0.2, 0.25) is 5.91 Å². The van der Waals surface area contributed by atoms with Gasteiger partial charge in [0.05, 0.1) is 16.4 Å². The van der Waals surface area contributed by atoms with Crippen molar-refractivity contribution in [3.8, 4) is 0 Å². The number of nitrogens with two attached hydrogens (primary N) is 1. The Hall–Kier alpha value is -1.42. The Balaban J connectivity index is 2.73. The average molecular weight is 270 g/mol. The Morgan fingerprint density at radius 3 is 2.56 bits per heavy atom. The number of hydrogen-bond donors (Lipinski definition) is 3. The molecule has 0 aromatic heterocycles. The zero-order chi connectivity index (χ0) is 13.9. The van der Waals surface area contributed by atoms with Crippen LogP contribution in [0.1, 0.15) is 27.7 Å². The van der Waals surface area contributed by atoms with Gasteiger partial charge in [-0.1, -0.05) is 17.7 Å². The topological polar surface area (TPSA) is 67.1 Å². The summed E-state index contributed by atoms with van der Waals surface area (Å²) in [6.45, 7) is 7.59. The van der Waals surface area contributed by atoms with Gasteiger partial charge in [-0.2, -0.15) is 0 Å². The maximum Gasteiger partial charge on any atom is 0.242 e. The highest BCUT2D eigenvalue weighted by Crippen LogP contribution is 2.27. The van der Waals surface area contributed by atoms with E-state index in [0.29, 0.717) is 16.4 Å². The van der Waals surface area contributed by atoms with E-state index in [9.17, 15) is 4.79 Å². The third-order valence-corrected chi connectivity index (χ3v) is 2.65. The van der Waals surface area contributed by atoms with Gasteiger partial charge in [0.25, 0.3) is 0 Å². The molecule has 1 amide bonds. The van der Waals surface area contributed by atoms with Gasteiger partial charge in [-0.05, 0) is 39.8 Å². The fourth-order valence-corrected chi connectivity index (χ4v) is 1.61. The largest absolute Gasteiger partial charge is 0.396 e. The van der Waals surface area contributed by atoms with E-state index in [1.54, 1.807) is 25.1 Å². The Bertz CT molecular complexity index is 440. The van der Waals surface area contributed by atoms with Crippen LogP contribution >= 0.6 is 11.6 Å². The lowest BCUT2D eigenvalue weighted by molar-refractivity contribution is -0.122. The molecule has 1 aromatic rings. The smallest absolute Gasteiger partial charge is 0.242 e. The lowest BCUT2D eigenvalue weighted by Gasteiger charge is -2.24. The van der Waals surface area contributed by atoms with Crippen molar-refractivity contribution in [1.82, 2.24) is 5.32 Å². The molecule has 4 nitrogen and oxygen atoms in total. The minimum absolute atomic E-state index is 0.0816. The van der Waals surface area contributed by atoms with Crippen LogP contribution in [0.3, 0.4) is 0 Å². The number of carbonyl (C=O) groups excluding carboxylic acids is 1. The normalized spacial score (nSPS) is 12.9. The molecule has 18 heavy (non-hydrogen) atoms. The maximum atomic E-state index is 11.9. The number of rotatable bonds is 3. The lowest BCUT2D eigenvalue weighted by Crippen LogP contribution is -2.47. The van der Waals surface area contributed by atoms with E-state index < -0.39 is 0 Å². The second-order valence-corrected chi connectivity index (χ2v) is 5.71. The molecule has 0 saturated heterocycles. The van der Waals surface area contributed by atoms with E-state index in [-0.39, 0.29) is 17.5 Å². The first-order valence-electron chi connectivity index (χ1n) is 5.83. The van der Waals surface area contributed by atoms with Gasteiger partial charge in [-0.25, -0.2) is 0 Å². The quantitative estimate of drug-likeness (QED) is 0.739. The van der Waals surface area contributed by atoms with Gasteiger partial charge in [-0.15, -0.1) is 0 Å². The standard InChI is InChI=1S/C13H20ClN3O/c1-8(12(18)17-13(2,3)4)16-10-7-5-6-9(14)11(10)15/h5-8,16H,15H2,1-4H3,(H,17,18). The van der Waals surface area contributed by atoms with Crippen LogP contribution in [0.2, 0.25) is 5.02 Å². The summed E-state index contributed by atoms with van der Waals surface area (Å²) in [7, 11) is 0. The highest BCUT2D eigenvalue weighted by atomic mass is 35.5. The molecule has 4 N–H and O–H groups in total. The summed E-state index contributed by atoms with van der Waals surface area (Å²) in [6, 6.07) is 4.91. The van der Waals surface area contributed by atoms with Crippen LogP contribution in [0, 0.1) is 0 Å². The summed E-state index contributed by atoms with van der Waals surface area (Å²) < 4.78 is 0. The number of para-hydroxylation sites is 1. The molecule has 1 unspecified atom stereocenters. The predicted molar refractivity (Wildman–Crippen MR) is 76.8 cm³/mol. The molecule has 0 radical (unpaired) electrons. The molecule has 0 fully saturated rings. The number of benzene rings is 1. The number of anilines is 2. The summed E-state index contributed by atoms with van der Waals surface area (Å²) in [6.07, 6.45) is 0. The number of halogens is 1. The average Bonchev–Trinajstić information content (AvgIpc) is 2.22. The molecular formula is C13H20ClN3O. The Kier molecular flexibility index (Phi) is 4.46. The summed E-state index contributed by atoms with van der Waals surface area (Å²) in [4.78, 5) is 11.9. The molecule has 1 aromatic carbocycles. The molecule has 0 spiro atoms. The predicted octanol–water partition coefficient (Wildman–Crippen LogP) is 2.64. The molecule has 0 saturated carbocycles. The fourth-order valence-electron chi connectivity index (χ4n) is 1.44. The first kappa shape index (κ1) is 14.6. The zero-order valence-electron chi connectivity index (χ0n) is 11.2. The number of hydrogen-bond acceptors (Lipinski definition) is 3. The summed E-state index contributed by atoms with van der Waals surface area (Å²) in [5.74, 6) is -0.0816. The number of nitrogens with one attached hydrogen (secondary N) is 2. The van der Waals surface area contributed by atoms with Crippen LogP contribution in [0.25, 0.3) is 0 Å². The van der Waals surface area contributed by atoms with E-state index in [1.165, 1.54) is 0 Å². The minimum atomic E-state index is -0.384.